The summed E-state index contributed by atoms with van der Waals surface area (Å²) in [5.74, 6) is 0.917. The highest BCUT2D eigenvalue weighted by Crippen LogP contribution is 2.22. The normalized spacial score (nSPS) is 14.6. The van der Waals surface area contributed by atoms with Crippen LogP contribution in [0.25, 0.3) is 22.5 Å². The van der Waals surface area contributed by atoms with Crippen LogP contribution in [0.1, 0.15) is 28.8 Å². The van der Waals surface area contributed by atoms with Crippen molar-refractivity contribution in [3.8, 4) is 17.1 Å². The molecule has 1 amide bonds. The Kier molecular flexibility index (Phi) is 7.81. The van der Waals surface area contributed by atoms with E-state index in [0.29, 0.717) is 40.8 Å². The number of hydrogen-bond donors (Lipinski definition) is 2. The Balaban J connectivity index is 1.29. The van der Waals surface area contributed by atoms with E-state index in [2.05, 4.69) is 27.2 Å². The molecular formula is C28H31N5O5. The van der Waals surface area contributed by atoms with Crippen molar-refractivity contribution >= 4 is 17.0 Å². The standard InChI is InChI=1S/C28H31N5O5/c1-32-10-7-19(8-11-32)18-37-23-15-30-26(31-16-23)21-4-2-3-20(13-21)17-33-24-14-22(27(35)29-9-12-34)5-6-25(24)38-28(33)36/h2-6,13-16,19,34H,7-12,17-18H2,1H3,(H,29,35). The number of aliphatic hydroxyl groups excluding tert-OH is 1. The number of piperidine rings is 1. The zero-order valence-electron chi connectivity index (χ0n) is 21.3. The van der Waals surface area contributed by atoms with Crippen LogP contribution in [0.15, 0.2) is 64.1 Å². The number of aliphatic hydroxyl groups is 1. The zero-order valence-corrected chi connectivity index (χ0v) is 21.3. The first-order valence-electron chi connectivity index (χ1n) is 12.8. The summed E-state index contributed by atoms with van der Waals surface area (Å²) >= 11 is 0. The fraction of sp³-hybridized carbons (Fsp3) is 0.357. The fourth-order valence-electron chi connectivity index (χ4n) is 4.60. The summed E-state index contributed by atoms with van der Waals surface area (Å²) in [6.45, 7) is 3.11. The van der Waals surface area contributed by atoms with Gasteiger partial charge < -0.3 is 24.5 Å². The Hall–Kier alpha value is -4.02. The quantitative estimate of drug-likeness (QED) is 0.347. The van der Waals surface area contributed by atoms with Crippen LogP contribution in [-0.2, 0) is 6.54 Å². The van der Waals surface area contributed by atoms with Crippen LogP contribution in [0, 0.1) is 5.92 Å². The van der Waals surface area contributed by atoms with Crippen molar-refractivity contribution < 1.29 is 19.1 Å². The molecule has 1 aliphatic rings. The molecule has 2 N–H and O–H groups in total. The molecule has 1 fully saturated rings. The number of carbonyl (C=O) groups excluding carboxylic acids is 1. The molecule has 0 bridgehead atoms. The number of carbonyl (C=O) groups is 1. The van der Waals surface area contributed by atoms with E-state index in [9.17, 15) is 9.59 Å². The van der Waals surface area contributed by atoms with E-state index in [4.69, 9.17) is 14.3 Å². The molecule has 0 atom stereocenters. The Morgan fingerprint density at radius 1 is 1.16 bits per heavy atom. The lowest BCUT2D eigenvalue weighted by Crippen LogP contribution is -2.32. The molecule has 0 unspecified atom stereocenters. The third-order valence-corrected chi connectivity index (χ3v) is 6.80. The number of rotatable bonds is 9. The Morgan fingerprint density at radius 3 is 2.71 bits per heavy atom. The van der Waals surface area contributed by atoms with Gasteiger partial charge in [0, 0.05) is 17.7 Å². The van der Waals surface area contributed by atoms with Crippen molar-refractivity contribution in [2.75, 3.05) is 39.9 Å². The van der Waals surface area contributed by atoms with Crippen LogP contribution >= 0.6 is 0 Å². The molecule has 0 aliphatic carbocycles. The van der Waals surface area contributed by atoms with E-state index in [1.165, 1.54) is 4.57 Å². The van der Waals surface area contributed by atoms with E-state index in [1.54, 1.807) is 30.6 Å². The second-order valence-corrected chi connectivity index (χ2v) is 9.62. The van der Waals surface area contributed by atoms with E-state index in [-0.39, 0.29) is 25.6 Å². The summed E-state index contributed by atoms with van der Waals surface area (Å²) in [5, 5.41) is 11.6. The Bertz CT molecular complexity index is 1450. The number of benzene rings is 2. The minimum absolute atomic E-state index is 0.148. The summed E-state index contributed by atoms with van der Waals surface area (Å²) in [4.78, 5) is 36.2. The van der Waals surface area contributed by atoms with Crippen LogP contribution in [0.5, 0.6) is 5.75 Å². The van der Waals surface area contributed by atoms with Crippen molar-refractivity contribution in [3.05, 3.63) is 76.5 Å². The highest BCUT2D eigenvalue weighted by Gasteiger charge is 2.18. The molecule has 1 saturated heterocycles. The number of ether oxygens (including phenoxy) is 1. The van der Waals surface area contributed by atoms with Crippen molar-refractivity contribution in [3.63, 3.8) is 0 Å². The van der Waals surface area contributed by atoms with Crippen molar-refractivity contribution in [2.24, 2.45) is 5.92 Å². The van der Waals surface area contributed by atoms with Gasteiger partial charge in [0.1, 0.15) is 0 Å². The van der Waals surface area contributed by atoms with Crippen LogP contribution in [-0.4, -0.2) is 70.3 Å². The number of fused-ring (bicyclic) bond motifs is 1. The first-order valence-corrected chi connectivity index (χ1v) is 12.8. The predicted molar refractivity (Wildman–Crippen MR) is 142 cm³/mol. The molecule has 5 rings (SSSR count). The SMILES string of the molecule is CN1CCC(COc2cnc(-c3cccc(Cn4c(=O)oc5ccc(C(=O)NCCO)cc54)c3)nc2)CC1. The van der Waals surface area contributed by atoms with E-state index in [0.717, 1.165) is 37.1 Å². The lowest BCUT2D eigenvalue weighted by atomic mass is 9.98. The summed E-state index contributed by atoms with van der Waals surface area (Å²) < 4.78 is 12.8. The van der Waals surface area contributed by atoms with Gasteiger partial charge in [-0.15, -0.1) is 0 Å². The summed E-state index contributed by atoms with van der Waals surface area (Å²) in [6, 6.07) is 12.4. The number of aromatic nitrogens is 3. The predicted octanol–water partition coefficient (Wildman–Crippen LogP) is 2.54. The van der Waals surface area contributed by atoms with Crippen molar-refractivity contribution in [1.82, 2.24) is 24.8 Å². The molecule has 3 heterocycles. The van der Waals surface area contributed by atoms with E-state index < -0.39 is 5.76 Å². The number of amides is 1. The van der Waals surface area contributed by atoms with E-state index >= 15 is 0 Å². The molecule has 1 aliphatic heterocycles. The van der Waals surface area contributed by atoms with Crippen LogP contribution in [0.2, 0.25) is 0 Å². The molecule has 38 heavy (non-hydrogen) atoms. The Labute approximate surface area is 219 Å². The number of hydrogen-bond acceptors (Lipinski definition) is 8. The lowest BCUT2D eigenvalue weighted by Gasteiger charge is -2.28. The lowest BCUT2D eigenvalue weighted by molar-refractivity contribution is 0.0945. The van der Waals surface area contributed by atoms with Gasteiger partial charge in [0.15, 0.2) is 17.2 Å². The zero-order chi connectivity index (χ0) is 26.5. The first-order chi connectivity index (χ1) is 18.5. The molecule has 0 spiro atoms. The minimum Gasteiger partial charge on any atom is -0.490 e. The number of nitrogens with one attached hydrogen (secondary N) is 1. The summed E-state index contributed by atoms with van der Waals surface area (Å²) in [6.07, 6.45) is 5.66. The molecule has 0 radical (unpaired) electrons. The molecule has 10 nitrogen and oxygen atoms in total. The minimum atomic E-state index is -0.513. The first kappa shape index (κ1) is 25.6. The molecule has 10 heteroatoms. The largest absolute Gasteiger partial charge is 0.490 e. The summed E-state index contributed by atoms with van der Waals surface area (Å²) in [5.41, 5.74) is 2.95. The Morgan fingerprint density at radius 2 is 1.95 bits per heavy atom. The summed E-state index contributed by atoms with van der Waals surface area (Å²) in [7, 11) is 2.15. The average molecular weight is 518 g/mol. The van der Waals surface area contributed by atoms with Gasteiger partial charge in [-0.3, -0.25) is 9.36 Å². The number of oxazole rings is 1. The van der Waals surface area contributed by atoms with Gasteiger partial charge in [0.25, 0.3) is 5.91 Å². The van der Waals surface area contributed by atoms with Gasteiger partial charge in [-0.2, -0.15) is 0 Å². The maximum atomic E-state index is 12.6. The maximum absolute atomic E-state index is 12.6. The topological polar surface area (TPSA) is 123 Å². The molecule has 2 aromatic heterocycles. The van der Waals surface area contributed by atoms with Gasteiger partial charge >= 0.3 is 5.76 Å². The number of likely N-dealkylation sites (tertiary alicyclic amines) is 1. The van der Waals surface area contributed by atoms with Crippen LogP contribution < -0.4 is 15.8 Å². The second-order valence-electron chi connectivity index (χ2n) is 9.62. The van der Waals surface area contributed by atoms with Crippen molar-refractivity contribution in [2.45, 2.75) is 19.4 Å². The molecule has 4 aromatic rings. The smallest absolute Gasteiger partial charge is 0.420 e. The molecule has 2 aromatic carbocycles. The third-order valence-electron chi connectivity index (χ3n) is 6.80. The molecule has 0 saturated carbocycles. The van der Waals surface area contributed by atoms with Gasteiger partial charge in [-0.1, -0.05) is 18.2 Å². The van der Waals surface area contributed by atoms with Crippen LogP contribution in [0.3, 0.4) is 0 Å². The monoisotopic (exact) mass is 517 g/mol. The highest BCUT2D eigenvalue weighted by molar-refractivity contribution is 5.97. The van der Waals surface area contributed by atoms with Gasteiger partial charge in [0.05, 0.1) is 37.7 Å². The van der Waals surface area contributed by atoms with Crippen LogP contribution in [0.4, 0.5) is 0 Å². The molecular weight excluding hydrogens is 486 g/mol. The average Bonchev–Trinajstić information content (AvgIpc) is 3.25. The third kappa shape index (κ3) is 5.92. The fourth-order valence-corrected chi connectivity index (χ4v) is 4.60. The number of nitrogens with zero attached hydrogens (tertiary/aromatic N) is 4. The van der Waals surface area contributed by atoms with Gasteiger partial charge in [-0.05, 0) is 68.7 Å². The maximum Gasteiger partial charge on any atom is 0.420 e. The highest BCUT2D eigenvalue weighted by atomic mass is 16.5. The van der Waals surface area contributed by atoms with Gasteiger partial charge in [0.2, 0.25) is 0 Å². The van der Waals surface area contributed by atoms with E-state index in [1.807, 2.05) is 24.3 Å². The van der Waals surface area contributed by atoms with Crippen molar-refractivity contribution in [1.29, 1.82) is 0 Å². The molecule has 198 valence electrons. The second kappa shape index (κ2) is 11.6. The van der Waals surface area contributed by atoms with Gasteiger partial charge in [-0.25, -0.2) is 14.8 Å².